The topological polar surface area (TPSA) is 46.5 Å². The van der Waals surface area contributed by atoms with Gasteiger partial charge in [-0.15, -0.1) is 12.8 Å². The lowest BCUT2D eigenvalue weighted by molar-refractivity contribution is -0.153. The van der Waals surface area contributed by atoms with Crippen molar-refractivity contribution in [2.75, 3.05) is 4.43 Å². The highest BCUT2D eigenvalue weighted by molar-refractivity contribution is 14.1. The highest BCUT2D eigenvalue weighted by Gasteiger charge is 2.69. The Hall–Kier alpha value is -0.720. The fourth-order valence-corrected chi connectivity index (χ4v) is 3.91. The van der Waals surface area contributed by atoms with Crippen LogP contribution in [0.5, 0.6) is 0 Å². The minimum Gasteiger partial charge on any atom is -0.481 e. The van der Waals surface area contributed by atoms with Gasteiger partial charge < -0.3 is 9.84 Å². The molecule has 0 radical (unpaired) electrons. The number of hydrogen-bond acceptors (Lipinski definition) is 2. The Morgan fingerprint density at radius 1 is 1.41 bits per heavy atom. The summed E-state index contributed by atoms with van der Waals surface area (Å²) in [5.74, 6) is 3.94. The quantitative estimate of drug-likeness (QED) is 0.472. The molecule has 3 nitrogen and oxygen atoms in total. The van der Waals surface area contributed by atoms with Crippen molar-refractivity contribution in [3.63, 3.8) is 0 Å². The molecule has 1 heterocycles. The number of aliphatic carboxylic acids is 1. The van der Waals surface area contributed by atoms with E-state index in [9.17, 15) is 9.90 Å². The van der Waals surface area contributed by atoms with Crippen LogP contribution in [-0.2, 0) is 9.53 Å². The van der Waals surface area contributed by atoms with Gasteiger partial charge in [-0.25, -0.2) is 0 Å². The van der Waals surface area contributed by atoms with E-state index in [2.05, 4.69) is 34.4 Å². The number of rotatable bonds is 2. The van der Waals surface area contributed by atoms with Crippen LogP contribution >= 0.6 is 22.6 Å². The summed E-state index contributed by atoms with van der Waals surface area (Å²) in [5, 5.41) is 9.55. The first kappa shape index (κ1) is 12.7. The van der Waals surface area contributed by atoms with E-state index < -0.39 is 22.6 Å². The summed E-state index contributed by atoms with van der Waals surface area (Å²) < 4.78 is 6.63. The summed E-state index contributed by atoms with van der Waals surface area (Å²) in [7, 11) is 0. The zero-order valence-corrected chi connectivity index (χ0v) is 11.5. The number of ether oxygens (including phenoxy) is 1. The van der Waals surface area contributed by atoms with Crippen LogP contribution in [0.4, 0.5) is 0 Å². The van der Waals surface area contributed by atoms with Gasteiger partial charge in [0.1, 0.15) is 5.41 Å². The third-order valence-corrected chi connectivity index (χ3v) is 5.35. The summed E-state index contributed by atoms with van der Waals surface area (Å²) >= 11 is 2.21. The summed E-state index contributed by atoms with van der Waals surface area (Å²) in [6.45, 7) is 0. The molecule has 1 saturated carbocycles. The number of carboxylic acids is 1. The van der Waals surface area contributed by atoms with Crippen LogP contribution in [0.2, 0.25) is 0 Å². The average Bonchev–Trinajstić information content (AvgIpc) is 2.56. The first-order valence-electron chi connectivity index (χ1n) is 5.45. The number of hydrogen-bond donors (Lipinski definition) is 1. The summed E-state index contributed by atoms with van der Waals surface area (Å²) in [6, 6.07) is 0. The average molecular weight is 344 g/mol. The van der Waals surface area contributed by atoms with Crippen molar-refractivity contribution < 1.29 is 14.6 Å². The number of terminal acetylenes is 2. The molecule has 0 aromatic carbocycles. The zero-order chi connectivity index (χ0) is 12.7. The second-order valence-corrected chi connectivity index (χ2v) is 5.57. The molecule has 90 valence electrons. The Labute approximate surface area is 114 Å². The highest BCUT2D eigenvalue weighted by Crippen LogP contribution is 2.59. The van der Waals surface area contributed by atoms with Crippen molar-refractivity contribution in [1.82, 2.24) is 0 Å². The standard InChI is InChI=1S/C13H13IO3/c1-3-13(4-2)12(10(15)16)7-5-6-11(8-12,9-14)17-13/h1-2H,5-9H2,(H,15,16)/t11-,12+/m1/s1. The lowest BCUT2D eigenvalue weighted by Gasteiger charge is -2.35. The fourth-order valence-electron chi connectivity index (χ4n) is 3.10. The lowest BCUT2D eigenvalue weighted by atomic mass is 9.63. The zero-order valence-electron chi connectivity index (χ0n) is 9.33. The molecule has 1 saturated heterocycles. The van der Waals surface area contributed by atoms with Crippen LogP contribution in [0.1, 0.15) is 25.7 Å². The second-order valence-electron chi connectivity index (χ2n) is 4.81. The Kier molecular flexibility index (Phi) is 2.92. The van der Waals surface area contributed by atoms with Crippen molar-refractivity contribution in [1.29, 1.82) is 0 Å². The summed E-state index contributed by atoms with van der Waals surface area (Å²) in [6.07, 6.45) is 13.5. The molecule has 2 rings (SSSR count). The molecule has 0 unspecified atom stereocenters. The first-order valence-corrected chi connectivity index (χ1v) is 6.97. The molecule has 1 aliphatic heterocycles. The van der Waals surface area contributed by atoms with E-state index in [1.54, 1.807) is 0 Å². The Morgan fingerprint density at radius 2 is 2.06 bits per heavy atom. The number of halogens is 1. The van der Waals surface area contributed by atoms with Gasteiger partial charge in [-0.05, 0) is 25.7 Å². The smallest absolute Gasteiger partial charge is 0.314 e. The minimum absolute atomic E-state index is 0.423. The van der Waals surface area contributed by atoms with Crippen LogP contribution in [0.3, 0.4) is 0 Å². The number of alkyl halides is 1. The van der Waals surface area contributed by atoms with Gasteiger partial charge >= 0.3 is 5.97 Å². The van der Waals surface area contributed by atoms with E-state index in [0.29, 0.717) is 17.3 Å². The number of fused-ring (bicyclic) bond motifs is 2. The molecule has 0 aromatic heterocycles. The van der Waals surface area contributed by atoms with Crippen molar-refractivity contribution in [2.45, 2.75) is 36.9 Å². The molecule has 1 N–H and O–H groups in total. The number of carbonyl (C=O) groups is 1. The Morgan fingerprint density at radius 3 is 2.53 bits per heavy atom. The predicted octanol–water partition coefficient (Wildman–Crippen LogP) is 1.84. The van der Waals surface area contributed by atoms with Gasteiger partial charge in [0.25, 0.3) is 0 Å². The van der Waals surface area contributed by atoms with Gasteiger partial charge in [0.05, 0.1) is 5.60 Å². The first-order chi connectivity index (χ1) is 8.00. The number of carboxylic acid groups (broad SMARTS) is 1. The Balaban J connectivity index is 2.59. The molecule has 0 spiro atoms. The van der Waals surface area contributed by atoms with E-state index in [-0.39, 0.29) is 0 Å². The van der Waals surface area contributed by atoms with E-state index in [4.69, 9.17) is 17.6 Å². The van der Waals surface area contributed by atoms with E-state index in [1.807, 2.05) is 0 Å². The normalized spacial score (nSPS) is 38.1. The molecule has 1 aliphatic carbocycles. The largest absolute Gasteiger partial charge is 0.481 e. The third kappa shape index (κ3) is 1.44. The lowest BCUT2D eigenvalue weighted by Crippen LogP contribution is -2.48. The SMILES string of the molecule is C#CC1(C#C)O[C@]2(CI)CCC[C@@]1(C(=O)O)C2. The van der Waals surface area contributed by atoms with Crippen LogP contribution in [0.15, 0.2) is 0 Å². The van der Waals surface area contributed by atoms with Crippen LogP contribution in [0.25, 0.3) is 0 Å². The molecule has 2 bridgehead atoms. The van der Waals surface area contributed by atoms with Crippen molar-refractivity contribution in [2.24, 2.45) is 5.41 Å². The van der Waals surface area contributed by atoms with Crippen LogP contribution in [-0.4, -0.2) is 26.7 Å². The molecule has 4 heteroatoms. The van der Waals surface area contributed by atoms with Crippen molar-refractivity contribution in [3.05, 3.63) is 0 Å². The van der Waals surface area contributed by atoms with E-state index in [1.165, 1.54) is 0 Å². The highest BCUT2D eigenvalue weighted by atomic mass is 127. The molecule has 0 amide bonds. The molecular formula is C13H13IO3. The summed E-state index contributed by atoms with van der Waals surface area (Å²) in [4.78, 5) is 11.7. The molecular weight excluding hydrogens is 331 g/mol. The third-order valence-electron chi connectivity index (χ3n) is 3.96. The van der Waals surface area contributed by atoms with Gasteiger partial charge in [0.2, 0.25) is 5.60 Å². The van der Waals surface area contributed by atoms with Gasteiger partial charge in [-0.3, -0.25) is 4.79 Å². The molecule has 2 atom stereocenters. The molecule has 2 fully saturated rings. The van der Waals surface area contributed by atoms with Gasteiger partial charge in [-0.1, -0.05) is 34.4 Å². The minimum atomic E-state index is -1.39. The fraction of sp³-hybridized carbons (Fsp3) is 0.615. The predicted molar refractivity (Wildman–Crippen MR) is 71.6 cm³/mol. The second kappa shape index (κ2) is 3.90. The molecule has 17 heavy (non-hydrogen) atoms. The van der Waals surface area contributed by atoms with Gasteiger partial charge in [-0.2, -0.15) is 0 Å². The van der Waals surface area contributed by atoms with Crippen LogP contribution in [0, 0.1) is 30.1 Å². The monoisotopic (exact) mass is 344 g/mol. The van der Waals surface area contributed by atoms with Gasteiger partial charge in [0.15, 0.2) is 0 Å². The van der Waals surface area contributed by atoms with Crippen LogP contribution < -0.4 is 0 Å². The van der Waals surface area contributed by atoms with E-state index in [0.717, 1.165) is 12.8 Å². The maximum absolute atomic E-state index is 11.7. The summed E-state index contributed by atoms with van der Waals surface area (Å²) in [5.41, 5.74) is -2.96. The molecule has 2 aliphatic rings. The van der Waals surface area contributed by atoms with Crippen molar-refractivity contribution in [3.8, 4) is 24.7 Å². The van der Waals surface area contributed by atoms with Crippen molar-refractivity contribution >= 4 is 28.6 Å². The maximum Gasteiger partial charge on any atom is 0.314 e. The van der Waals surface area contributed by atoms with E-state index >= 15 is 0 Å². The maximum atomic E-state index is 11.7. The van der Waals surface area contributed by atoms with Gasteiger partial charge in [0, 0.05) is 4.43 Å². The molecule has 0 aromatic rings. The Bertz CT molecular complexity index is 431.